The smallest absolute Gasteiger partial charge is 0.263 e. The van der Waals surface area contributed by atoms with Crippen LogP contribution >= 0.6 is 0 Å². The molecule has 0 radical (unpaired) electrons. The number of likely N-dealkylation sites (tertiary alicyclic amines) is 1. The van der Waals surface area contributed by atoms with Crippen molar-refractivity contribution >= 4 is 11.8 Å². The van der Waals surface area contributed by atoms with E-state index in [0.717, 1.165) is 16.9 Å². The number of carbonyl (C=O) groups excluding carboxylic acids is 2. The molecular formula is C26H34N2O3. The maximum atomic E-state index is 12.9. The maximum Gasteiger partial charge on any atom is 0.263 e. The number of piperidine rings is 1. The van der Waals surface area contributed by atoms with Crippen LogP contribution < -0.4 is 10.1 Å². The highest BCUT2D eigenvalue weighted by Gasteiger charge is 2.30. The Kier molecular flexibility index (Phi) is 7.72. The molecule has 2 aromatic rings. The number of nitrogens with zero attached hydrogens (tertiary/aromatic N) is 1. The first-order chi connectivity index (χ1) is 14.8. The van der Waals surface area contributed by atoms with E-state index in [1.807, 2.05) is 61.2 Å². The third kappa shape index (κ3) is 6.09. The van der Waals surface area contributed by atoms with E-state index in [1.165, 1.54) is 5.56 Å². The van der Waals surface area contributed by atoms with E-state index in [1.54, 1.807) is 0 Å². The first-order valence-corrected chi connectivity index (χ1v) is 11.2. The molecule has 1 N–H and O–H groups in total. The molecule has 0 aromatic heterocycles. The minimum atomic E-state index is -0.551. The number of benzene rings is 2. The molecule has 0 bridgehead atoms. The van der Waals surface area contributed by atoms with Gasteiger partial charge in [0.05, 0.1) is 0 Å². The lowest BCUT2D eigenvalue weighted by Crippen LogP contribution is -2.47. The van der Waals surface area contributed by atoms with Crippen LogP contribution in [0.4, 0.5) is 0 Å². The molecule has 0 saturated carbocycles. The summed E-state index contributed by atoms with van der Waals surface area (Å²) in [5.41, 5.74) is 3.31. The topological polar surface area (TPSA) is 58.6 Å². The van der Waals surface area contributed by atoms with Crippen molar-refractivity contribution in [3.05, 3.63) is 65.2 Å². The molecule has 0 spiro atoms. The molecule has 2 amide bonds. The molecule has 5 heteroatoms. The van der Waals surface area contributed by atoms with Gasteiger partial charge in [-0.05, 0) is 55.4 Å². The summed E-state index contributed by atoms with van der Waals surface area (Å²) in [6.45, 7) is 9.80. The van der Waals surface area contributed by atoms with Gasteiger partial charge in [-0.1, -0.05) is 56.3 Å². The summed E-state index contributed by atoms with van der Waals surface area (Å²) in [4.78, 5) is 27.3. The average molecular weight is 423 g/mol. The highest BCUT2D eigenvalue weighted by molar-refractivity contribution is 5.82. The van der Waals surface area contributed by atoms with Crippen LogP contribution in [0.25, 0.3) is 0 Å². The number of aryl methyl sites for hydroxylation is 1. The van der Waals surface area contributed by atoms with Crippen LogP contribution in [-0.2, 0) is 16.1 Å². The molecule has 31 heavy (non-hydrogen) atoms. The maximum absolute atomic E-state index is 12.9. The van der Waals surface area contributed by atoms with Crippen LogP contribution in [0.5, 0.6) is 5.75 Å². The predicted molar refractivity (Wildman–Crippen MR) is 123 cm³/mol. The van der Waals surface area contributed by atoms with E-state index < -0.39 is 6.10 Å². The molecule has 1 saturated heterocycles. The molecular weight excluding hydrogens is 388 g/mol. The highest BCUT2D eigenvalue weighted by atomic mass is 16.5. The van der Waals surface area contributed by atoms with Crippen LogP contribution in [0.2, 0.25) is 0 Å². The monoisotopic (exact) mass is 422 g/mol. The minimum absolute atomic E-state index is 0.0162. The van der Waals surface area contributed by atoms with E-state index in [2.05, 4.69) is 25.2 Å². The zero-order valence-electron chi connectivity index (χ0n) is 19.1. The summed E-state index contributed by atoms with van der Waals surface area (Å²) < 4.78 is 6.04. The van der Waals surface area contributed by atoms with Crippen LogP contribution in [0.3, 0.4) is 0 Å². The van der Waals surface area contributed by atoms with E-state index in [9.17, 15) is 9.59 Å². The summed E-state index contributed by atoms with van der Waals surface area (Å²) in [5.74, 6) is 1.18. The quantitative estimate of drug-likeness (QED) is 0.718. The van der Waals surface area contributed by atoms with Crippen molar-refractivity contribution < 1.29 is 14.3 Å². The summed E-state index contributed by atoms with van der Waals surface area (Å²) in [6, 6.07) is 16.1. The number of ether oxygens (including phenoxy) is 1. The van der Waals surface area contributed by atoms with E-state index in [-0.39, 0.29) is 17.7 Å². The van der Waals surface area contributed by atoms with Crippen LogP contribution in [-0.4, -0.2) is 35.9 Å². The Hall–Kier alpha value is -2.82. The van der Waals surface area contributed by atoms with Gasteiger partial charge in [0.25, 0.3) is 5.91 Å². The Morgan fingerprint density at radius 2 is 1.74 bits per heavy atom. The number of carbonyl (C=O) groups is 2. The third-order valence-corrected chi connectivity index (χ3v) is 6.02. The molecule has 5 nitrogen and oxygen atoms in total. The second-order valence-corrected chi connectivity index (χ2v) is 8.74. The van der Waals surface area contributed by atoms with Crippen molar-refractivity contribution in [3.63, 3.8) is 0 Å². The molecule has 1 aliphatic rings. The lowest BCUT2D eigenvalue weighted by atomic mass is 9.95. The zero-order chi connectivity index (χ0) is 22.4. The fraction of sp³-hybridized carbons (Fsp3) is 0.462. The van der Waals surface area contributed by atoms with E-state index in [4.69, 9.17) is 4.74 Å². The Morgan fingerprint density at radius 1 is 1.06 bits per heavy atom. The zero-order valence-corrected chi connectivity index (χ0v) is 19.1. The number of hydrogen-bond donors (Lipinski definition) is 1. The fourth-order valence-electron chi connectivity index (χ4n) is 3.89. The van der Waals surface area contributed by atoms with E-state index in [0.29, 0.717) is 38.4 Å². The molecule has 1 aliphatic heterocycles. The van der Waals surface area contributed by atoms with Gasteiger partial charge in [-0.15, -0.1) is 0 Å². The standard InChI is InChI=1S/C26H34N2O3/c1-18(2)23-11-10-19(3)24(16-23)31-20(4)26(30)28-14-12-22(13-15-28)25(29)27-17-21-8-6-5-7-9-21/h5-11,16,18,20,22H,12-15,17H2,1-4H3,(H,27,29)/t20-/m0/s1. The molecule has 0 aliphatic carbocycles. The second-order valence-electron chi connectivity index (χ2n) is 8.74. The molecule has 166 valence electrons. The molecule has 3 rings (SSSR count). The van der Waals surface area contributed by atoms with Gasteiger partial charge in [0, 0.05) is 25.6 Å². The van der Waals surface area contributed by atoms with Gasteiger partial charge >= 0.3 is 0 Å². The second kappa shape index (κ2) is 10.5. The number of nitrogens with one attached hydrogen (secondary N) is 1. The van der Waals surface area contributed by atoms with Gasteiger partial charge in [0.1, 0.15) is 5.75 Å². The molecule has 1 fully saturated rings. The summed E-state index contributed by atoms with van der Waals surface area (Å²) in [6.07, 6.45) is 0.812. The lowest BCUT2D eigenvalue weighted by molar-refractivity contribution is -0.141. The van der Waals surface area contributed by atoms with Gasteiger partial charge in [0.15, 0.2) is 6.10 Å². The fourth-order valence-corrected chi connectivity index (χ4v) is 3.89. The summed E-state index contributed by atoms with van der Waals surface area (Å²) >= 11 is 0. The predicted octanol–water partition coefficient (Wildman–Crippen LogP) is 4.44. The van der Waals surface area contributed by atoms with Crippen LogP contribution in [0.1, 0.15) is 56.2 Å². The van der Waals surface area contributed by atoms with Gasteiger partial charge in [0.2, 0.25) is 5.91 Å². The van der Waals surface area contributed by atoms with Crippen LogP contribution in [0, 0.1) is 12.8 Å². The Balaban J connectivity index is 1.49. The molecule has 0 unspecified atom stereocenters. The molecule has 1 heterocycles. The largest absolute Gasteiger partial charge is 0.481 e. The highest BCUT2D eigenvalue weighted by Crippen LogP contribution is 2.26. The van der Waals surface area contributed by atoms with E-state index >= 15 is 0 Å². The number of hydrogen-bond acceptors (Lipinski definition) is 3. The van der Waals surface area contributed by atoms with Crippen LogP contribution in [0.15, 0.2) is 48.5 Å². The first kappa shape index (κ1) is 22.9. The van der Waals surface area contributed by atoms with Crippen molar-refractivity contribution in [3.8, 4) is 5.75 Å². The molecule has 2 aromatic carbocycles. The molecule has 1 atom stereocenters. The number of amides is 2. The number of rotatable bonds is 7. The average Bonchev–Trinajstić information content (AvgIpc) is 2.79. The van der Waals surface area contributed by atoms with Gasteiger partial charge in [-0.25, -0.2) is 0 Å². The van der Waals surface area contributed by atoms with Crippen molar-refractivity contribution in [2.24, 2.45) is 5.92 Å². The van der Waals surface area contributed by atoms with Gasteiger partial charge in [-0.3, -0.25) is 9.59 Å². The van der Waals surface area contributed by atoms with Crippen molar-refractivity contribution in [2.75, 3.05) is 13.1 Å². The SMILES string of the molecule is Cc1ccc(C(C)C)cc1O[C@@H](C)C(=O)N1CCC(C(=O)NCc2ccccc2)CC1. The third-order valence-electron chi connectivity index (χ3n) is 6.02. The Morgan fingerprint density at radius 3 is 2.39 bits per heavy atom. The van der Waals surface area contributed by atoms with Crippen molar-refractivity contribution in [1.29, 1.82) is 0 Å². The normalized spacial score (nSPS) is 15.6. The summed E-state index contributed by atoms with van der Waals surface area (Å²) in [5, 5.41) is 3.02. The van der Waals surface area contributed by atoms with Crippen molar-refractivity contribution in [2.45, 2.75) is 59.1 Å². The minimum Gasteiger partial charge on any atom is -0.481 e. The Labute approximate surface area is 185 Å². The lowest BCUT2D eigenvalue weighted by Gasteiger charge is -2.33. The van der Waals surface area contributed by atoms with Crippen molar-refractivity contribution in [1.82, 2.24) is 10.2 Å². The summed E-state index contributed by atoms with van der Waals surface area (Å²) in [7, 11) is 0. The van der Waals surface area contributed by atoms with Gasteiger partial charge < -0.3 is 15.0 Å². The first-order valence-electron chi connectivity index (χ1n) is 11.2. The van der Waals surface area contributed by atoms with Gasteiger partial charge in [-0.2, -0.15) is 0 Å². The Bertz CT molecular complexity index is 887.